The van der Waals surface area contributed by atoms with E-state index >= 15 is 0 Å². The van der Waals surface area contributed by atoms with Crippen LogP contribution in [0.25, 0.3) is 0 Å². The molecule has 0 fully saturated rings. The highest BCUT2D eigenvalue weighted by Gasteiger charge is 2.29. The van der Waals surface area contributed by atoms with Gasteiger partial charge in [-0.3, -0.25) is 24.0 Å². The van der Waals surface area contributed by atoms with Crippen molar-refractivity contribution in [3.05, 3.63) is 0 Å². The molecule has 0 saturated heterocycles. The molecule has 0 aliphatic rings. The number of nitrogens with two attached hydrogens (primary N) is 3. The Bertz CT molecular complexity index is 686. The number of aliphatic carboxylic acids is 2. The van der Waals surface area contributed by atoms with Gasteiger partial charge in [-0.2, -0.15) is 0 Å². The smallest absolute Gasteiger partial charge is 0.326 e. The van der Waals surface area contributed by atoms with Gasteiger partial charge >= 0.3 is 11.9 Å². The van der Waals surface area contributed by atoms with Crippen LogP contribution in [-0.2, 0) is 28.8 Å². The van der Waals surface area contributed by atoms with Crippen molar-refractivity contribution >= 4 is 35.6 Å². The number of unbranched alkanes of at least 4 members (excludes halogenated alkanes) is 1. The summed E-state index contributed by atoms with van der Waals surface area (Å²) in [4.78, 5) is 69.5. The van der Waals surface area contributed by atoms with Gasteiger partial charge in [-0.15, -0.1) is 0 Å². The average Bonchev–Trinajstić information content (AvgIpc) is 2.65. The van der Waals surface area contributed by atoms with Crippen LogP contribution in [0.4, 0.5) is 0 Å². The van der Waals surface area contributed by atoms with Gasteiger partial charge in [0, 0.05) is 0 Å². The number of amides is 4. The minimum Gasteiger partial charge on any atom is -0.481 e. The molecule has 4 amide bonds. The van der Waals surface area contributed by atoms with Gasteiger partial charge in [0.15, 0.2) is 0 Å². The first-order valence-electron chi connectivity index (χ1n) is 9.48. The highest BCUT2D eigenvalue weighted by atomic mass is 16.4. The largest absolute Gasteiger partial charge is 0.481 e. The van der Waals surface area contributed by atoms with Crippen molar-refractivity contribution in [2.75, 3.05) is 6.54 Å². The van der Waals surface area contributed by atoms with E-state index in [1.54, 1.807) is 0 Å². The van der Waals surface area contributed by atoms with Gasteiger partial charge in [0.05, 0.1) is 18.9 Å². The first-order valence-corrected chi connectivity index (χ1v) is 9.48. The molecule has 14 heteroatoms. The van der Waals surface area contributed by atoms with E-state index in [0.29, 0.717) is 19.4 Å². The second-order valence-electron chi connectivity index (χ2n) is 6.85. The van der Waals surface area contributed by atoms with Crippen LogP contribution in [0.2, 0.25) is 0 Å². The molecule has 0 aromatic rings. The normalized spacial score (nSPS) is 14.4. The Balaban J connectivity index is 5.10. The average molecular weight is 446 g/mol. The van der Waals surface area contributed by atoms with Crippen molar-refractivity contribution in [1.29, 1.82) is 0 Å². The third-order valence-corrected chi connectivity index (χ3v) is 4.08. The number of rotatable bonds is 15. The van der Waals surface area contributed by atoms with E-state index in [1.807, 2.05) is 5.32 Å². The predicted octanol–water partition coefficient (Wildman–Crippen LogP) is -3.65. The molecular weight excluding hydrogens is 416 g/mol. The van der Waals surface area contributed by atoms with Crippen molar-refractivity contribution in [2.24, 2.45) is 17.2 Å². The van der Waals surface area contributed by atoms with Gasteiger partial charge in [-0.25, -0.2) is 4.79 Å². The standard InChI is InChI=1S/C17H30N6O8/c1-8(14(27)23-11(17(30)31)7-13(25)26)21-16(29)10(4-2-3-5-18)22-15(28)9(19)6-12(20)24/h8-11H,2-7,18-19H2,1H3,(H2,20,24)(H,21,29)(H,22,28)(H,23,27)(H,25,26)(H,30,31). The van der Waals surface area contributed by atoms with Gasteiger partial charge in [0.25, 0.3) is 0 Å². The Morgan fingerprint density at radius 3 is 1.90 bits per heavy atom. The molecule has 0 saturated carbocycles. The van der Waals surface area contributed by atoms with E-state index in [2.05, 4.69) is 10.6 Å². The molecule has 0 radical (unpaired) electrons. The maximum absolute atomic E-state index is 12.6. The Morgan fingerprint density at radius 2 is 1.42 bits per heavy atom. The Morgan fingerprint density at radius 1 is 0.839 bits per heavy atom. The molecule has 31 heavy (non-hydrogen) atoms. The fraction of sp³-hybridized carbons (Fsp3) is 0.647. The summed E-state index contributed by atoms with van der Waals surface area (Å²) in [6.45, 7) is 1.60. The highest BCUT2D eigenvalue weighted by Crippen LogP contribution is 2.03. The zero-order valence-corrected chi connectivity index (χ0v) is 17.1. The number of hydrogen-bond donors (Lipinski definition) is 8. The Hall–Kier alpha value is -3.26. The minimum atomic E-state index is -1.68. The quantitative estimate of drug-likeness (QED) is 0.114. The van der Waals surface area contributed by atoms with Crippen molar-refractivity contribution < 1.29 is 39.0 Å². The number of carbonyl (C=O) groups excluding carboxylic acids is 4. The summed E-state index contributed by atoms with van der Waals surface area (Å²) in [6.07, 6.45) is -0.110. The monoisotopic (exact) mass is 446 g/mol. The molecule has 0 heterocycles. The van der Waals surface area contributed by atoms with Crippen LogP contribution >= 0.6 is 0 Å². The van der Waals surface area contributed by atoms with Crippen molar-refractivity contribution in [2.45, 2.75) is 63.2 Å². The first-order chi connectivity index (χ1) is 14.4. The fourth-order valence-electron chi connectivity index (χ4n) is 2.40. The van der Waals surface area contributed by atoms with E-state index in [4.69, 9.17) is 27.4 Å². The third-order valence-electron chi connectivity index (χ3n) is 4.08. The Kier molecular flexibility index (Phi) is 12.4. The summed E-state index contributed by atoms with van der Waals surface area (Å²) in [5.41, 5.74) is 16.0. The molecular formula is C17H30N6O8. The number of carbonyl (C=O) groups is 6. The molecule has 0 spiro atoms. The summed E-state index contributed by atoms with van der Waals surface area (Å²) >= 11 is 0. The maximum Gasteiger partial charge on any atom is 0.326 e. The zero-order valence-electron chi connectivity index (χ0n) is 17.1. The topological polar surface area (TPSA) is 257 Å². The van der Waals surface area contributed by atoms with E-state index in [-0.39, 0.29) is 6.42 Å². The van der Waals surface area contributed by atoms with Crippen LogP contribution in [0.5, 0.6) is 0 Å². The molecule has 0 aromatic heterocycles. The lowest BCUT2D eigenvalue weighted by Crippen LogP contribution is -2.56. The lowest BCUT2D eigenvalue weighted by Gasteiger charge is -2.23. The highest BCUT2D eigenvalue weighted by molar-refractivity contribution is 5.95. The molecule has 176 valence electrons. The van der Waals surface area contributed by atoms with Crippen LogP contribution < -0.4 is 33.2 Å². The van der Waals surface area contributed by atoms with Crippen LogP contribution in [0, 0.1) is 0 Å². The zero-order chi connectivity index (χ0) is 24.1. The molecule has 4 unspecified atom stereocenters. The first kappa shape index (κ1) is 27.7. The van der Waals surface area contributed by atoms with Crippen molar-refractivity contribution in [3.8, 4) is 0 Å². The third kappa shape index (κ3) is 11.5. The lowest BCUT2D eigenvalue weighted by atomic mass is 10.1. The van der Waals surface area contributed by atoms with Crippen LogP contribution in [0.1, 0.15) is 39.0 Å². The number of carboxylic acid groups (broad SMARTS) is 2. The lowest BCUT2D eigenvalue weighted by molar-refractivity contribution is -0.147. The molecule has 11 N–H and O–H groups in total. The van der Waals surface area contributed by atoms with Gasteiger partial charge in [0.1, 0.15) is 18.1 Å². The summed E-state index contributed by atoms with van der Waals surface area (Å²) in [6, 6.07) is -5.30. The van der Waals surface area contributed by atoms with E-state index in [1.165, 1.54) is 6.92 Å². The summed E-state index contributed by atoms with van der Waals surface area (Å²) in [5.74, 6) is -6.27. The van der Waals surface area contributed by atoms with Crippen LogP contribution in [-0.4, -0.2) is 76.5 Å². The van der Waals surface area contributed by atoms with E-state index in [9.17, 15) is 28.8 Å². The number of primary amides is 1. The van der Waals surface area contributed by atoms with Crippen molar-refractivity contribution in [1.82, 2.24) is 16.0 Å². The molecule has 0 aliphatic carbocycles. The van der Waals surface area contributed by atoms with Gasteiger partial charge in [0.2, 0.25) is 23.6 Å². The minimum absolute atomic E-state index is 0.156. The molecule has 0 aromatic carbocycles. The maximum atomic E-state index is 12.6. The number of nitrogens with one attached hydrogen (secondary N) is 3. The molecule has 14 nitrogen and oxygen atoms in total. The Labute approximate surface area is 178 Å². The number of hydrogen-bond acceptors (Lipinski definition) is 8. The second-order valence-corrected chi connectivity index (χ2v) is 6.85. The van der Waals surface area contributed by atoms with Crippen molar-refractivity contribution in [3.63, 3.8) is 0 Å². The summed E-state index contributed by atoms with van der Waals surface area (Å²) in [5, 5.41) is 24.4. The summed E-state index contributed by atoms with van der Waals surface area (Å²) in [7, 11) is 0. The molecule has 0 aliphatic heterocycles. The van der Waals surface area contributed by atoms with E-state index < -0.39 is 72.6 Å². The fourth-order valence-corrected chi connectivity index (χ4v) is 2.40. The molecule has 0 rings (SSSR count). The van der Waals surface area contributed by atoms with E-state index in [0.717, 1.165) is 0 Å². The van der Waals surface area contributed by atoms with Gasteiger partial charge in [-0.1, -0.05) is 0 Å². The van der Waals surface area contributed by atoms with Crippen LogP contribution in [0.3, 0.4) is 0 Å². The molecule has 0 bridgehead atoms. The molecule has 4 atom stereocenters. The van der Waals surface area contributed by atoms with Gasteiger partial charge < -0.3 is 43.4 Å². The SMILES string of the molecule is CC(NC(=O)C(CCCCN)NC(=O)C(N)CC(N)=O)C(=O)NC(CC(=O)O)C(=O)O. The van der Waals surface area contributed by atoms with Gasteiger partial charge in [-0.05, 0) is 32.7 Å². The number of carboxylic acids is 2. The summed E-state index contributed by atoms with van der Waals surface area (Å²) < 4.78 is 0. The second kappa shape index (κ2) is 13.9. The predicted molar refractivity (Wildman–Crippen MR) is 106 cm³/mol. The van der Waals surface area contributed by atoms with Crippen LogP contribution in [0.15, 0.2) is 0 Å².